The van der Waals surface area contributed by atoms with Crippen LogP contribution in [0.5, 0.6) is 0 Å². The van der Waals surface area contributed by atoms with Gasteiger partial charge in [-0.3, -0.25) is 0 Å². The summed E-state index contributed by atoms with van der Waals surface area (Å²) in [5.41, 5.74) is 4.08. The normalized spacial score (nSPS) is 18.6. The second-order valence-corrected chi connectivity index (χ2v) is 9.15. The maximum absolute atomic E-state index is 11.3. The number of fused-ring (bicyclic) bond motifs is 1. The Kier molecular flexibility index (Phi) is 5.21. The fraction of sp³-hybridized carbons (Fsp3) is 0.429. The van der Waals surface area contributed by atoms with E-state index in [1.165, 1.54) is 30.5 Å². The number of hydrogen-bond donors (Lipinski definition) is 1. The van der Waals surface area contributed by atoms with Crippen LogP contribution >= 0.6 is 0 Å². The van der Waals surface area contributed by atoms with Crippen molar-refractivity contribution in [2.45, 2.75) is 36.6 Å². The lowest BCUT2D eigenvalue weighted by molar-refractivity contribution is 0.212. The number of sulfonamides is 1. The topological polar surface area (TPSA) is 66.6 Å². The first-order valence-electron chi connectivity index (χ1n) is 9.69. The third-order valence-corrected chi connectivity index (χ3v) is 6.82. The lowest BCUT2D eigenvalue weighted by atomic mass is 10.0. The Labute approximate surface area is 161 Å². The molecule has 6 heteroatoms. The van der Waals surface area contributed by atoms with Gasteiger partial charge in [-0.1, -0.05) is 30.3 Å². The molecule has 2 heterocycles. The molecule has 0 aliphatic carbocycles. The fourth-order valence-electron chi connectivity index (χ4n) is 4.33. The van der Waals surface area contributed by atoms with Crippen molar-refractivity contribution in [3.05, 3.63) is 59.7 Å². The molecule has 144 valence electrons. The Balaban J connectivity index is 1.28. The second kappa shape index (κ2) is 7.62. The number of piperidine rings is 1. The number of hydrogen-bond acceptors (Lipinski definition) is 4. The van der Waals surface area contributed by atoms with Gasteiger partial charge in [0.15, 0.2) is 0 Å². The van der Waals surface area contributed by atoms with Crippen LogP contribution in [0.15, 0.2) is 53.4 Å². The van der Waals surface area contributed by atoms with E-state index in [4.69, 9.17) is 5.14 Å². The SMILES string of the molecule is NS(=O)(=O)c1ccc(CCN2CCC(N3CCc4ccccc43)CC2)cc1. The van der Waals surface area contributed by atoms with Crippen molar-refractivity contribution in [2.75, 3.05) is 31.1 Å². The highest BCUT2D eigenvalue weighted by molar-refractivity contribution is 7.89. The Bertz CT molecular complexity index is 888. The van der Waals surface area contributed by atoms with Crippen LogP contribution in [0.2, 0.25) is 0 Å². The average Bonchev–Trinajstić information content (AvgIpc) is 3.11. The molecule has 2 aliphatic rings. The summed E-state index contributed by atoms with van der Waals surface area (Å²) < 4.78 is 22.7. The molecular formula is C21H27N3O2S. The van der Waals surface area contributed by atoms with Crippen LogP contribution in [0.1, 0.15) is 24.0 Å². The minimum Gasteiger partial charge on any atom is -0.368 e. The smallest absolute Gasteiger partial charge is 0.238 e. The minimum absolute atomic E-state index is 0.179. The number of para-hydroxylation sites is 1. The molecular weight excluding hydrogens is 358 g/mol. The summed E-state index contributed by atoms with van der Waals surface area (Å²) in [4.78, 5) is 5.31. The molecule has 4 rings (SSSR count). The molecule has 1 fully saturated rings. The van der Waals surface area contributed by atoms with E-state index in [-0.39, 0.29) is 4.90 Å². The average molecular weight is 386 g/mol. The van der Waals surface area contributed by atoms with E-state index in [9.17, 15) is 8.42 Å². The van der Waals surface area contributed by atoms with E-state index in [1.54, 1.807) is 12.1 Å². The van der Waals surface area contributed by atoms with E-state index in [0.29, 0.717) is 6.04 Å². The van der Waals surface area contributed by atoms with E-state index in [0.717, 1.165) is 38.2 Å². The molecule has 0 aromatic heterocycles. The van der Waals surface area contributed by atoms with Crippen LogP contribution in [0.3, 0.4) is 0 Å². The van der Waals surface area contributed by atoms with Crippen molar-refractivity contribution in [1.82, 2.24) is 4.90 Å². The molecule has 0 bridgehead atoms. The number of primary sulfonamides is 1. The van der Waals surface area contributed by atoms with Crippen LogP contribution < -0.4 is 10.0 Å². The number of likely N-dealkylation sites (tertiary alicyclic amines) is 1. The van der Waals surface area contributed by atoms with E-state index >= 15 is 0 Å². The molecule has 27 heavy (non-hydrogen) atoms. The summed E-state index contributed by atoms with van der Waals surface area (Å²) in [5, 5.41) is 5.15. The summed E-state index contributed by atoms with van der Waals surface area (Å²) in [6.45, 7) is 4.41. The van der Waals surface area contributed by atoms with Gasteiger partial charge in [-0.2, -0.15) is 0 Å². The van der Waals surface area contributed by atoms with Crippen molar-refractivity contribution in [3.8, 4) is 0 Å². The summed E-state index contributed by atoms with van der Waals surface area (Å²) in [5.74, 6) is 0. The zero-order valence-corrected chi connectivity index (χ0v) is 16.4. The minimum atomic E-state index is -3.61. The Morgan fingerprint density at radius 1 is 0.963 bits per heavy atom. The molecule has 0 amide bonds. The molecule has 2 aromatic carbocycles. The largest absolute Gasteiger partial charge is 0.368 e. The van der Waals surface area contributed by atoms with Crippen LogP contribution in [0.25, 0.3) is 0 Å². The molecule has 2 N–H and O–H groups in total. The zero-order valence-electron chi connectivity index (χ0n) is 15.5. The molecule has 0 unspecified atom stereocenters. The van der Waals surface area contributed by atoms with Gasteiger partial charge in [0.05, 0.1) is 4.90 Å². The van der Waals surface area contributed by atoms with Gasteiger partial charge >= 0.3 is 0 Å². The Morgan fingerprint density at radius 2 is 1.67 bits per heavy atom. The van der Waals surface area contributed by atoms with Crippen molar-refractivity contribution >= 4 is 15.7 Å². The van der Waals surface area contributed by atoms with Gasteiger partial charge in [0.2, 0.25) is 10.0 Å². The van der Waals surface area contributed by atoms with Gasteiger partial charge in [0.1, 0.15) is 0 Å². The maximum atomic E-state index is 11.3. The third kappa shape index (κ3) is 4.18. The highest BCUT2D eigenvalue weighted by atomic mass is 32.2. The molecule has 5 nitrogen and oxygen atoms in total. The van der Waals surface area contributed by atoms with Crippen molar-refractivity contribution in [3.63, 3.8) is 0 Å². The quantitative estimate of drug-likeness (QED) is 0.858. The first-order valence-corrected chi connectivity index (χ1v) is 11.2. The molecule has 0 spiro atoms. The van der Waals surface area contributed by atoms with Crippen molar-refractivity contribution in [1.29, 1.82) is 0 Å². The van der Waals surface area contributed by atoms with Gasteiger partial charge in [0.25, 0.3) is 0 Å². The highest BCUT2D eigenvalue weighted by Gasteiger charge is 2.28. The van der Waals surface area contributed by atoms with Gasteiger partial charge < -0.3 is 9.80 Å². The fourth-order valence-corrected chi connectivity index (χ4v) is 4.85. The monoisotopic (exact) mass is 385 g/mol. The van der Waals surface area contributed by atoms with Crippen LogP contribution in [-0.4, -0.2) is 45.5 Å². The first-order chi connectivity index (χ1) is 13.0. The maximum Gasteiger partial charge on any atom is 0.238 e. The number of rotatable bonds is 5. The van der Waals surface area contributed by atoms with Gasteiger partial charge in [-0.15, -0.1) is 0 Å². The van der Waals surface area contributed by atoms with Crippen molar-refractivity contribution in [2.24, 2.45) is 5.14 Å². The predicted octanol–water partition coefficient (Wildman–Crippen LogP) is 2.40. The van der Waals surface area contributed by atoms with Crippen LogP contribution in [0, 0.1) is 0 Å². The highest BCUT2D eigenvalue weighted by Crippen LogP contribution is 2.32. The Morgan fingerprint density at radius 3 is 2.37 bits per heavy atom. The van der Waals surface area contributed by atoms with Crippen LogP contribution in [0.4, 0.5) is 5.69 Å². The van der Waals surface area contributed by atoms with Crippen LogP contribution in [-0.2, 0) is 22.9 Å². The zero-order chi connectivity index (χ0) is 18.9. The summed E-state index contributed by atoms with van der Waals surface area (Å²) in [6, 6.07) is 16.4. The van der Waals surface area contributed by atoms with Gasteiger partial charge in [0, 0.05) is 37.9 Å². The molecule has 0 radical (unpaired) electrons. The predicted molar refractivity (Wildman–Crippen MR) is 108 cm³/mol. The summed E-state index contributed by atoms with van der Waals surface area (Å²) in [7, 11) is -3.61. The standard InChI is InChI=1S/C21H27N3O2S/c22-27(25,26)20-7-5-17(6-8-20)9-13-23-14-11-19(12-15-23)24-16-10-18-3-1-2-4-21(18)24/h1-8,19H,9-16H2,(H2,22,25,26). The van der Waals surface area contributed by atoms with Gasteiger partial charge in [-0.05, 0) is 55.0 Å². The molecule has 2 aliphatic heterocycles. The number of benzene rings is 2. The molecule has 1 saturated heterocycles. The van der Waals surface area contributed by atoms with E-state index in [1.807, 2.05) is 12.1 Å². The first kappa shape index (κ1) is 18.5. The van der Waals surface area contributed by atoms with E-state index < -0.39 is 10.0 Å². The lowest BCUT2D eigenvalue weighted by Gasteiger charge is -2.38. The lowest BCUT2D eigenvalue weighted by Crippen LogP contribution is -2.44. The molecule has 0 saturated carbocycles. The summed E-state index contributed by atoms with van der Waals surface area (Å²) in [6.07, 6.45) is 4.52. The second-order valence-electron chi connectivity index (χ2n) is 7.58. The Hall–Kier alpha value is -1.89. The summed E-state index contributed by atoms with van der Waals surface area (Å²) >= 11 is 0. The number of anilines is 1. The number of nitrogens with zero attached hydrogens (tertiary/aromatic N) is 2. The third-order valence-electron chi connectivity index (χ3n) is 5.89. The number of nitrogens with two attached hydrogens (primary N) is 1. The van der Waals surface area contributed by atoms with E-state index in [2.05, 4.69) is 34.1 Å². The molecule has 2 aromatic rings. The van der Waals surface area contributed by atoms with Crippen molar-refractivity contribution < 1.29 is 8.42 Å². The molecule has 0 atom stereocenters. The van der Waals surface area contributed by atoms with Gasteiger partial charge in [-0.25, -0.2) is 13.6 Å².